The largest absolute Gasteiger partial charge is 0.467 e. The monoisotopic (exact) mass is 226 g/mol. The second-order valence-corrected chi connectivity index (χ2v) is 3.17. The Balaban J connectivity index is 3.00. The van der Waals surface area contributed by atoms with E-state index in [-0.39, 0.29) is 6.01 Å². The minimum absolute atomic E-state index is 0.257. The lowest BCUT2D eigenvalue weighted by atomic mass is 10.4. The Morgan fingerprint density at radius 2 is 2.06 bits per heavy atom. The first-order chi connectivity index (χ1) is 7.74. The quantitative estimate of drug-likeness (QED) is 0.536. The second kappa shape index (κ2) is 6.06. The Bertz CT molecular complexity index is 310. The zero-order valence-corrected chi connectivity index (χ0v) is 9.90. The third-order valence-corrected chi connectivity index (χ3v) is 2.07. The summed E-state index contributed by atoms with van der Waals surface area (Å²) in [5.74, 6) is 6.16. The molecule has 0 aromatic carbocycles. The first-order valence-electron chi connectivity index (χ1n) is 5.26. The molecule has 0 saturated heterocycles. The maximum absolute atomic E-state index is 5.28. The lowest BCUT2D eigenvalue weighted by Gasteiger charge is -2.20. The molecule has 0 atom stereocenters. The number of ether oxygens (including phenoxy) is 1. The fourth-order valence-corrected chi connectivity index (χ4v) is 1.31. The van der Waals surface area contributed by atoms with Gasteiger partial charge in [0, 0.05) is 13.1 Å². The average Bonchev–Trinajstić information content (AvgIpc) is 2.35. The Morgan fingerprint density at radius 3 is 2.56 bits per heavy atom. The lowest BCUT2D eigenvalue weighted by molar-refractivity contribution is 0.378. The van der Waals surface area contributed by atoms with Crippen molar-refractivity contribution in [3.63, 3.8) is 0 Å². The molecule has 1 rings (SSSR count). The van der Waals surface area contributed by atoms with Crippen LogP contribution in [-0.2, 0) is 0 Å². The zero-order chi connectivity index (χ0) is 12.0. The van der Waals surface area contributed by atoms with Crippen molar-refractivity contribution >= 4 is 11.9 Å². The van der Waals surface area contributed by atoms with Crippen molar-refractivity contribution in [1.29, 1.82) is 0 Å². The Morgan fingerprint density at radius 1 is 1.31 bits per heavy atom. The van der Waals surface area contributed by atoms with Gasteiger partial charge in [-0.3, -0.25) is 5.43 Å². The van der Waals surface area contributed by atoms with Crippen LogP contribution in [0.2, 0.25) is 0 Å². The molecule has 16 heavy (non-hydrogen) atoms. The molecule has 0 aliphatic rings. The van der Waals surface area contributed by atoms with Gasteiger partial charge in [-0.1, -0.05) is 6.92 Å². The van der Waals surface area contributed by atoms with Crippen LogP contribution in [0.15, 0.2) is 0 Å². The van der Waals surface area contributed by atoms with Gasteiger partial charge in [-0.15, -0.1) is 0 Å². The fraction of sp³-hybridized carbons (Fsp3) is 0.667. The number of nitrogens with two attached hydrogens (primary N) is 1. The number of aromatic nitrogens is 3. The zero-order valence-electron chi connectivity index (χ0n) is 9.90. The van der Waals surface area contributed by atoms with Crippen LogP contribution in [-0.4, -0.2) is 35.2 Å². The number of anilines is 2. The maximum atomic E-state index is 5.28. The van der Waals surface area contributed by atoms with Gasteiger partial charge in [-0.2, -0.15) is 15.0 Å². The number of hydrazine groups is 1. The molecule has 1 heterocycles. The third-order valence-electron chi connectivity index (χ3n) is 2.07. The minimum atomic E-state index is 0.257. The summed E-state index contributed by atoms with van der Waals surface area (Å²) in [6, 6.07) is 0.257. The molecule has 0 aliphatic heterocycles. The first-order valence-corrected chi connectivity index (χ1v) is 5.26. The average molecular weight is 226 g/mol. The van der Waals surface area contributed by atoms with E-state index in [9.17, 15) is 0 Å². The van der Waals surface area contributed by atoms with Gasteiger partial charge >= 0.3 is 6.01 Å². The van der Waals surface area contributed by atoms with Gasteiger partial charge in [0.2, 0.25) is 11.9 Å². The van der Waals surface area contributed by atoms with Gasteiger partial charge in [0.15, 0.2) is 0 Å². The van der Waals surface area contributed by atoms with E-state index in [4.69, 9.17) is 10.6 Å². The Labute approximate surface area is 95.0 Å². The van der Waals surface area contributed by atoms with E-state index in [1.807, 2.05) is 11.8 Å². The molecule has 0 saturated carbocycles. The van der Waals surface area contributed by atoms with Crippen molar-refractivity contribution in [2.45, 2.75) is 20.3 Å². The summed E-state index contributed by atoms with van der Waals surface area (Å²) in [7, 11) is 1.51. The molecule has 1 aromatic rings. The van der Waals surface area contributed by atoms with E-state index in [0.29, 0.717) is 11.9 Å². The number of nitrogen functional groups attached to an aromatic ring is 1. The molecule has 1 aromatic heterocycles. The van der Waals surface area contributed by atoms with E-state index < -0.39 is 0 Å². The number of nitrogens with one attached hydrogen (secondary N) is 1. The van der Waals surface area contributed by atoms with E-state index in [1.54, 1.807) is 0 Å². The third kappa shape index (κ3) is 2.93. The van der Waals surface area contributed by atoms with Crippen molar-refractivity contribution in [3.05, 3.63) is 0 Å². The van der Waals surface area contributed by atoms with Crippen molar-refractivity contribution in [1.82, 2.24) is 15.0 Å². The van der Waals surface area contributed by atoms with Crippen LogP contribution in [0.3, 0.4) is 0 Å². The SMILES string of the molecule is CCCN(CC)c1nc(NN)nc(OC)n1. The van der Waals surface area contributed by atoms with E-state index in [0.717, 1.165) is 19.5 Å². The molecule has 3 N–H and O–H groups in total. The summed E-state index contributed by atoms with van der Waals surface area (Å²) in [4.78, 5) is 14.3. The van der Waals surface area contributed by atoms with Gasteiger partial charge in [-0.25, -0.2) is 5.84 Å². The van der Waals surface area contributed by atoms with E-state index >= 15 is 0 Å². The van der Waals surface area contributed by atoms with Crippen LogP contribution in [0.25, 0.3) is 0 Å². The van der Waals surface area contributed by atoms with Crippen LogP contribution >= 0.6 is 0 Å². The fourth-order valence-electron chi connectivity index (χ4n) is 1.31. The summed E-state index contributed by atoms with van der Waals surface area (Å²) >= 11 is 0. The summed E-state index contributed by atoms with van der Waals surface area (Å²) in [6.07, 6.45) is 1.02. The van der Waals surface area contributed by atoms with Crippen molar-refractivity contribution in [2.24, 2.45) is 5.84 Å². The van der Waals surface area contributed by atoms with Crippen molar-refractivity contribution in [3.8, 4) is 6.01 Å². The van der Waals surface area contributed by atoms with Crippen LogP contribution in [0.4, 0.5) is 11.9 Å². The molecular weight excluding hydrogens is 208 g/mol. The van der Waals surface area contributed by atoms with Crippen molar-refractivity contribution < 1.29 is 4.74 Å². The van der Waals surface area contributed by atoms with Gasteiger partial charge < -0.3 is 9.64 Å². The summed E-state index contributed by atoms with van der Waals surface area (Å²) < 4.78 is 4.99. The number of hydrogen-bond donors (Lipinski definition) is 2. The number of nitrogens with zero attached hydrogens (tertiary/aromatic N) is 4. The predicted octanol–water partition coefficient (Wildman–Crippen LogP) is 0.402. The minimum Gasteiger partial charge on any atom is -0.467 e. The van der Waals surface area contributed by atoms with Gasteiger partial charge in [0.25, 0.3) is 0 Å². The highest BCUT2D eigenvalue weighted by Gasteiger charge is 2.11. The molecule has 0 unspecified atom stereocenters. The van der Waals surface area contributed by atoms with Crippen molar-refractivity contribution in [2.75, 3.05) is 30.5 Å². The summed E-state index contributed by atoms with van der Waals surface area (Å²) in [5.41, 5.74) is 2.39. The molecule has 0 spiro atoms. The van der Waals surface area contributed by atoms with E-state index in [2.05, 4.69) is 27.3 Å². The highest BCUT2D eigenvalue weighted by molar-refractivity contribution is 5.37. The molecule has 0 fully saturated rings. The highest BCUT2D eigenvalue weighted by Crippen LogP contribution is 2.14. The number of methoxy groups -OCH3 is 1. The molecular formula is C9H18N6O. The molecule has 0 amide bonds. The maximum Gasteiger partial charge on any atom is 0.322 e. The lowest BCUT2D eigenvalue weighted by Crippen LogP contribution is -2.26. The molecule has 0 aliphatic carbocycles. The number of rotatable bonds is 6. The summed E-state index contributed by atoms with van der Waals surface area (Å²) in [6.45, 7) is 5.85. The first kappa shape index (κ1) is 12.4. The molecule has 0 radical (unpaired) electrons. The van der Waals surface area contributed by atoms with E-state index in [1.165, 1.54) is 7.11 Å². The van der Waals surface area contributed by atoms with Crippen LogP contribution in [0, 0.1) is 0 Å². The Kier molecular flexibility index (Phi) is 4.71. The second-order valence-electron chi connectivity index (χ2n) is 3.17. The topological polar surface area (TPSA) is 89.2 Å². The van der Waals surface area contributed by atoms with Gasteiger partial charge in [0.05, 0.1) is 7.11 Å². The molecule has 90 valence electrons. The molecule has 7 nitrogen and oxygen atoms in total. The predicted molar refractivity (Wildman–Crippen MR) is 62.4 cm³/mol. The van der Waals surface area contributed by atoms with Crippen LogP contribution < -0.4 is 20.9 Å². The number of hydrogen-bond acceptors (Lipinski definition) is 7. The normalized spacial score (nSPS) is 10.0. The Hall–Kier alpha value is -1.63. The summed E-state index contributed by atoms with van der Waals surface area (Å²) in [5, 5.41) is 0. The van der Waals surface area contributed by atoms with Crippen LogP contribution in [0.5, 0.6) is 6.01 Å². The van der Waals surface area contributed by atoms with Gasteiger partial charge in [0.1, 0.15) is 0 Å². The van der Waals surface area contributed by atoms with Crippen LogP contribution in [0.1, 0.15) is 20.3 Å². The smallest absolute Gasteiger partial charge is 0.322 e. The highest BCUT2D eigenvalue weighted by atomic mass is 16.5. The molecule has 0 bridgehead atoms. The standard InChI is InChI=1S/C9H18N6O/c1-4-6-15(5-2)8-11-7(14-10)12-9(13-8)16-3/h4-6,10H2,1-3H3,(H,11,12,13,14). The molecule has 7 heteroatoms. The van der Waals surface area contributed by atoms with Gasteiger partial charge in [-0.05, 0) is 13.3 Å².